The van der Waals surface area contributed by atoms with Crippen LogP contribution < -0.4 is 10.3 Å². The van der Waals surface area contributed by atoms with Crippen molar-refractivity contribution in [1.82, 2.24) is 0 Å². The molecule has 0 bridgehead atoms. The zero-order chi connectivity index (χ0) is 17.0. The number of hydrogen-bond acceptors (Lipinski definition) is 4. The molecule has 2 aromatic rings. The molecule has 2 rings (SSSR count). The lowest BCUT2D eigenvalue weighted by Crippen LogP contribution is -2.11. The van der Waals surface area contributed by atoms with Gasteiger partial charge in [-0.25, -0.2) is 27.1 Å². The van der Waals surface area contributed by atoms with Crippen molar-refractivity contribution in [2.75, 3.05) is 0 Å². The van der Waals surface area contributed by atoms with E-state index < -0.39 is 20.0 Å². The quantitative estimate of drug-likeness (QED) is 0.824. The zero-order valence-corrected chi connectivity index (χ0v) is 14.1. The van der Waals surface area contributed by atoms with Crippen LogP contribution in [0, 0.1) is 0 Å². The average Bonchev–Trinajstić information content (AvgIpc) is 2.41. The molecule has 0 saturated carbocycles. The van der Waals surface area contributed by atoms with Gasteiger partial charge in [0.15, 0.2) is 0 Å². The molecule has 0 aliphatic heterocycles. The van der Waals surface area contributed by atoms with Gasteiger partial charge in [-0.2, -0.15) is 0 Å². The molecule has 2 aromatic carbocycles. The second-order valence-electron chi connectivity index (χ2n) is 3.98. The Bertz CT molecular complexity index is 854. The van der Waals surface area contributed by atoms with Crippen LogP contribution in [0.5, 0.6) is 0 Å². The largest absolute Gasteiger partial charge is 0.238 e. The maximum atomic E-state index is 10.8. The predicted octanol–water partition coefficient (Wildman–Crippen LogP) is 1.97. The van der Waals surface area contributed by atoms with Crippen molar-refractivity contribution in [2.24, 2.45) is 10.3 Å². The smallest absolute Gasteiger partial charge is 0.225 e. The van der Waals surface area contributed by atoms with Crippen LogP contribution in [0.3, 0.4) is 0 Å². The van der Waals surface area contributed by atoms with Crippen LogP contribution in [0.25, 0.3) is 0 Å². The van der Waals surface area contributed by atoms with Crippen molar-refractivity contribution in [3.8, 4) is 0 Å². The average molecular weight is 383 g/mol. The van der Waals surface area contributed by atoms with E-state index in [0.29, 0.717) is 5.02 Å². The predicted molar refractivity (Wildman–Crippen MR) is 85.7 cm³/mol. The highest BCUT2D eigenvalue weighted by Crippen LogP contribution is 2.23. The van der Waals surface area contributed by atoms with Crippen LogP contribution in [0.1, 0.15) is 0 Å². The van der Waals surface area contributed by atoms with Gasteiger partial charge in [0.1, 0.15) is 0 Å². The first-order valence-electron chi connectivity index (χ1n) is 5.57. The summed E-state index contributed by atoms with van der Waals surface area (Å²) in [5, 5.41) is 10.1. The summed E-state index contributed by atoms with van der Waals surface area (Å²) in [6, 6.07) is 11.8. The Balaban J connectivity index is 0.000000224. The van der Waals surface area contributed by atoms with E-state index in [9.17, 15) is 16.8 Å². The highest BCUT2D eigenvalue weighted by atomic mass is 35.5. The topological polar surface area (TPSA) is 120 Å². The van der Waals surface area contributed by atoms with Gasteiger partial charge in [-0.15, -0.1) is 0 Å². The molecule has 0 aliphatic rings. The molecule has 0 radical (unpaired) electrons. The number of benzene rings is 2. The lowest BCUT2D eigenvalue weighted by Gasteiger charge is -1.99. The molecule has 4 N–H and O–H groups in total. The fraction of sp³-hybridized carbons (Fsp3) is 0. The summed E-state index contributed by atoms with van der Waals surface area (Å²) in [6.45, 7) is 0. The van der Waals surface area contributed by atoms with Crippen LogP contribution in [-0.4, -0.2) is 16.8 Å². The number of halogens is 2. The molecule has 0 fully saturated rings. The maximum absolute atomic E-state index is 10.8. The van der Waals surface area contributed by atoms with Crippen LogP contribution >= 0.6 is 23.2 Å². The van der Waals surface area contributed by atoms with E-state index in [-0.39, 0.29) is 14.8 Å². The molecule has 22 heavy (non-hydrogen) atoms. The molecule has 0 aromatic heterocycles. The van der Waals surface area contributed by atoms with E-state index in [0.717, 1.165) is 0 Å². The van der Waals surface area contributed by atoms with Gasteiger partial charge < -0.3 is 0 Å². The molecule has 0 saturated heterocycles. The van der Waals surface area contributed by atoms with Gasteiger partial charge in [-0.1, -0.05) is 41.4 Å². The number of primary sulfonamides is 2. The van der Waals surface area contributed by atoms with Gasteiger partial charge >= 0.3 is 0 Å². The molecule has 0 spiro atoms. The number of hydrogen-bond donors (Lipinski definition) is 2. The molecule has 0 atom stereocenters. The van der Waals surface area contributed by atoms with E-state index in [1.54, 1.807) is 18.2 Å². The van der Waals surface area contributed by atoms with E-state index in [1.807, 2.05) is 0 Å². The van der Waals surface area contributed by atoms with Crippen molar-refractivity contribution in [1.29, 1.82) is 0 Å². The van der Waals surface area contributed by atoms with Crippen LogP contribution in [-0.2, 0) is 20.0 Å². The first-order valence-corrected chi connectivity index (χ1v) is 9.42. The highest BCUT2D eigenvalue weighted by Gasteiger charge is 2.09. The third-order valence-corrected chi connectivity index (χ3v) is 4.87. The summed E-state index contributed by atoms with van der Waals surface area (Å²) in [4.78, 5) is 0.104. The SMILES string of the molecule is NS(=O)(=O)c1ccc(Cl)c(Cl)c1.NS(=O)(=O)c1ccccc1. The molecule has 120 valence electrons. The minimum Gasteiger partial charge on any atom is -0.225 e. The number of sulfonamides is 2. The Hall–Kier alpha value is -1.16. The van der Waals surface area contributed by atoms with Crippen LogP contribution in [0.15, 0.2) is 58.3 Å². The molecule has 10 heteroatoms. The molecule has 0 unspecified atom stereocenters. The third-order valence-electron chi connectivity index (χ3n) is 2.29. The van der Waals surface area contributed by atoms with Crippen molar-refractivity contribution >= 4 is 43.2 Å². The van der Waals surface area contributed by atoms with Gasteiger partial charge in [0.2, 0.25) is 20.0 Å². The number of nitrogens with two attached hydrogens (primary N) is 2. The van der Waals surface area contributed by atoms with Crippen molar-refractivity contribution < 1.29 is 16.8 Å². The van der Waals surface area contributed by atoms with Crippen molar-refractivity contribution in [3.63, 3.8) is 0 Å². The normalized spacial score (nSPS) is 11.5. The Labute approximate surface area is 138 Å². The molecule has 0 aliphatic carbocycles. The summed E-state index contributed by atoms with van der Waals surface area (Å²) >= 11 is 11.1. The van der Waals surface area contributed by atoms with E-state index >= 15 is 0 Å². The molecular formula is C12H12Cl2N2O4S2. The number of rotatable bonds is 2. The van der Waals surface area contributed by atoms with E-state index in [2.05, 4.69) is 0 Å². The second kappa shape index (κ2) is 7.40. The fourth-order valence-corrected chi connectivity index (χ4v) is 2.70. The first-order chi connectivity index (χ1) is 10.0. The van der Waals surface area contributed by atoms with E-state index in [4.69, 9.17) is 33.5 Å². The van der Waals surface area contributed by atoms with Gasteiger partial charge in [-0.3, -0.25) is 0 Å². The summed E-state index contributed by atoms with van der Waals surface area (Å²) < 4.78 is 42.8. The monoisotopic (exact) mass is 382 g/mol. The van der Waals surface area contributed by atoms with Crippen molar-refractivity contribution in [3.05, 3.63) is 58.6 Å². The first kappa shape index (κ1) is 18.9. The molecular weight excluding hydrogens is 371 g/mol. The minimum atomic E-state index is -3.69. The molecule has 0 amide bonds. The lowest BCUT2D eigenvalue weighted by molar-refractivity contribution is 0.596. The summed E-state index contributed by atoms with van der Waals surface area (Å²) in [7, 11) is -7.19. The highest BCUT2D eigenvalue weighted by molar-refractivity contribution is 7.89. The Kier molecular flexibility index (Phi) is 6.36. The third kappa shape index (κ3) is 5.91. The van der Waals surface area contributed by atoms with E-state index in [1.165, 1.54) is 30.3 Å². The Morgan fingerprint density at radius 3 is 1.55 bits per heavy atom. The molecule has 0 heterocycles. The van der Waals surface area contributed by atoms with Crippen LogP contribution in [0.4, 0.5) is 0 Å². The van der Waals surface area contributed by atoms with Gasteiger partial charge in [0.05, 0.1) is 19.8 Å². The second-order valence-corrected chi connectivity index (χ2v) is 7.92. The fourth-order valence-electron chi connectivity index (χ4n) is 1.26. The molecule has 6 nitrogen and oxygen atoms in total. The van der Waals surface area contributed by atoms with Crippen LogP contribution in [0.2, 0.25) is 10.0 Å². The van der Waals surface area contributed by atoms with Gasteiger partial charge in [-0.05, 0) is 30.3 Å². The Morgan fingerprint density at radius 1 is 0.682 bits per heavy atom. The minimum absolute atomic E-state index is 0.0445. The van der Waals surface area contributed by atoms with Crippen molar-refractivity contribution in [2.45, 2.75) is 9.79 Å². The van der Waals surface area contributed by atoms with Gasteiger partial charge in [0, 0.05) is 0 Å². The lowest BCUT2D eigenvalue weighted by atomic mass is 10.4. The summed E-state index contributed by atoms with van der Waals surface area (Å²) in [5.41, 5.74) is 0. The summed E-state index contributed by atoms with van der Waals surface area (Å²) in [5.74, 6) is 0. The van der Waals surface area contributed by atoms with Gasteiger partial charge in [0.25, 0.3) is 0 Å². The summed E-state index contributed by atoms with van der Waals surface area (Å²) in [6.07, 6.45) is 0. The maximum Gasteiger partial charge on any atom is 0.238 e. The standard InChI is InChI=1S/C6H5Cl2NO2S.C6H7NO2S/c7-5-2-1-4(3-6(5)8)12(9,10)11;7-10(8,9)6-4-2-1-3-5-6/h1-3H,(H2,9,10,11);1-5H,(H2,7,8,9). The zero-order valence-electron chi connectivity index (χ0n) is 11.0. The Morgan fingerprint density at radius 2 is 1.18 bits per heavy atom.